The van der Waals surface area contributed by atoms with Crippen LogP contribution in [0.5, 0.6) is 0 Å². The maximum Gasteiger partial charge on any atom is 0.0640 e. The highest BCUT2D eigenvalue weighted by Crippen LogP contribution is 2.48. The SMILES string of the molecule is CC(C)(C)c1cccc2c1sc1c(N(c3ccc(-c4cccc5ccccc45)cc3)c3ccc(-c4cccc5c4sc4ccccc45)cc3)cccc12. The molecule has 1 nitrogen and oxygen atoms in total. The lowest BCUT2D eigenvalue weighted by Gasteiger charge is -2.26. The third-order valence-electron chi connectivity index (χ3n) is 10.6. The Bertz CT molecular complexity index is 2970. The fraction of sp³-hybridized carbons (Fsp3) is 0.0800. The van der Waals surface area contributed by atoms with Crippen LogP contribution in [-0.2, 0) is 5.41 Å². The molecule has 0 saturated carbocycles. The van der Waals surface area contributed by atoms with E-state index < -0.39 is 0 Å². The van der Waals surface area contributed by atoms with Gasteiger partial charge in [-0.05, 0) is 80.4 Å². The van der Waals surface area contributed by atoms with Gasteiger partial charge in [-0.15, -0.1) is 22.7 Å². The minimum atomic E-state index is 0.0464. The largest absolute Gasteiger partial charge is 0.309 e. The van der Waals surface area contributed by atoms with Crippen LogP contribution in [0.1, 0.15) is 26.3 Å². The van der Waals surface area contributed by atoms with E-state index in [0.29, 0.717) is 0 Å². The van der Waals surface area contributed by atoms with Gasteiger partial charge in [0.1, 0.15) is 0 Å². The van der Waals surface area contributed by atoms with E-state index in [1.165, 1.54) is 84.6 Å². The monoisotopic (exact) mass is 715 g/mol. The minimum absolute atomic E-state index is 0.0464. The van der Waals surface area contributed by atoms with Gasteiger partial charge in [-0.2, -0.15) is 0 Å². The van der Waals surface area contributed by atoms with Crippen molar-refractivity contribution in [1.29, 1.82) is 0 Å². The molecule has 254 valence electrons. The van der Waals surface area contributed by atoms with Crippen LogP contribution in [0.15, 0.2) is 170 Å². The van der Waals surface area contributed by atoms with Gasteiger partial charge in [-0.1, -0.05) is 154 Å². The minimum Gasteiger partial charge on any atom is -0.309 e. The molecule has 0 fully saturated rings. The van der Waals surface area contributed by atoms with E-state index in [4.69, 9.17) is 0 Å². The summed E-state index contributed by atoms with van der Waals surface area (Å²) in [7, 11) is 0. The molecule has 0 unspecified atom stereocenters. The molecule has 0 bridgehead atoms. The maximum absolute atomic E-state index is 2.45. The molecule has 2 aromatic heterocycles. The Labute approximate surface area is 318 Å². The smallest absolute Gasteiger partial charge is 0.0640 e. The van der Waals surface area contributed by atoms with Crippen molar-refractivity contribution in [1.82, 2.24) is 0 Å². The molecular weight excluding hydrogens is 679 g/mol. The van der Waals surface area contributed by atoms with Gasteiger partial charge < -0.3 is 4.90 Å². The molecular formula is C50H37NS2. The first kappa shape index (κ1) is 32.0. The molecule has 0 saturated heterocycles. The Kier molecular flexibility index (Phi) is 7.50. The first-order valence-corrected chi connectivity index (χ1v) is 19.9. The second-order valence-corrected chi connectivity index (χ2v) is 17.0. The average molecular weight is 716 g/mol. The summed E-state index contributed by atoms with van der Waals surface area (Å²) in [6.07, 6.45) is 0. The first-order chi connectivity index (χ1) is 25.9. The van der Waals surface area contributed by atoms with E-state index >= 15 is 0 Å². The van der Waals surface area contributed by atoms with Crippen molar-refractivity contribution in [2.24, 2.45) is 0 Å². The van der Waals surface area contributed by atoms with Crippen LogP contribution in [0, 0.1) is 0 Å². The van der Waals surface area contributed by atoms with Gasteiger partial charge in [0.2, 0.25) is 0 Å². The molecule has 3 heteroatoms. The van der Waals surface area contributed by atoms with Crippen molar-refractivity contribution in [3.8, 4) is 22.3 Å². The zero-order chi connectivity index (χ0) is 35.7. The van der Waals surface area contributed by atoms with Gasteiger partial charge >= 0.3 is 0 Å². The third kappa shape index (κ3) is 5.34. The Hall–Kier alpha value is -5.74. The van der Waals surface area contributed by atoms with Crippen molar-refractivity contribution in [3.05, 3.63) is 175 Å². The first-order valence-electron chi connectivity index (χ1n) is 18.3. The number of hydrogen-bond donors (Lipinski definition) is 0. The van der Waals surface area contributed by atoms with Crippen molar-refractivity contribution in [3.63, 3.8) is 0 Å². The fourth-order valence-electron chi connectivity index (χ4n) is 8.03. The normalized spacial score (nSPS) is 12.1. The summed E-state index contributed by atoms with van der Waals surface area (Å²) in [5, 5.41) is 7.82. The molecule has 0 spiro atoms. The standard InChI is InChI=1S/C50H37NS2/c1-50(2,3)44-21-10-19-42-43-20-11-22-45(49(43)53-48(42)44)51(35-28-24-33(25-29-35)38-16-8-13-32-12-4-5-14-37(32)38)36-30-26-34(27-31-36)39-17-9-18-41-40-15-6-7-23-46(40)52-47(39)41/h4-31H,1-3H3. The molecule has 10 aromatic rings. The molecule has 0 atom stereocenters. The Morgan fingerprint density at radius 1 is 0.396 bits per heavy atom. The molecule has 0 aliphatic heterocycles. The molecule has 0 amide bonds. The maximum atomic E-state index is 2.45. The summed E-state index contributed by atoms with van der Waals surface area (Å²) in [5.74, 6) is 0. The van der Waals surface area contributed by atoms with Crippen molar-refractivity contribution in [2.75, 3.05) is 4.90 Å². The van der Waals surface area contributed by atoms with Crippen molar-refractivity contribution < 1.29 is 0 Å². The summed E-state index contributed by atoms with van der Waals surface area (Å²) >= 11 is 3.81. The van der Waals surface area contributed by atoms with Gasteiger partial charge in [0.15, 0.2) is 0 Å². The van der Waals surface area contributed by atoms with Crippen molar-refractivity contribution >= 4 is 90.9 Å². The number of hydrogen-bond acceptors (Lipinski definition) is 3. The topological polar surface area (TPSA) is 3.24 Å². The van der Waals surface area contributed by atoms with E-state index in [0.717, 1.165) is 11.4 Å². The van der Waals surface area contributed by atoms with Crippen LogP contribution in [0.25, 0.3) is 73.4 Å². The molecule has 53 heavy (non-hydrogen) atoms. The van der Waals surface area contributed by atoms with Crippen LogP contribution >= 0.6 is 22.7 Å². The summed E-state index contributed by atoms with van der Waals surface area (Å²) in [4.78, 5) is 2.45. The highest BCUT2D eigenvalue weighted by molar-refractivity contribution is 7.27. The van der Waals surface area contributed by atoms with Crippen molar-refractivity contribution in [2.45, 2.75) is 26.2 Å². The molecule has 8 aromatic carbocycles. The van der Waals surface area contributed by atoms with E-state index in [1.54, 1.807) is 0 Å². The van der Waals surface area contributed by atoms with E-state index in [-0.39, 0.29) is 5.41 Å². The second-order valence-electron chi connectivity index (χ2n) is 14.9. The number of nitrogens with zero attached hydrogens (tertiary/aromatic N) is 1. The molecule has 0 aliphatic carbocycles. The van der Waals surface area contributed by atoms with Crippen LogP contribution in [0.3, 0.4) is 0 Å². The summed E-state index contributed by atoms with van der Waals surface area (Å²) in [6, 6.07) is 62.7. The second kappa shape index (κ2) is 12.4. The predicted molar refractivity (Wildman–Crippen MR) is 234 cm³/mol. The van der Waals surface area contributed by atoms with Crippen LogP contribution in [0.2, 0.25) is 0 Å². The van der Waals surface area contributed by atoms with E-state index in [1.807, 2.05) is 22.7 Å². The fourth-order valence-corrected chi connectivity index (χ4v) is 10.8. The highest BCUT2D eigenvalue weighted by atomic mass is 32.1. The van der Waals surface area contributed by atoms with Gasteiger partial charge in [0.05, 0.1) is 10.4 Å². The van der Waals surface area contributed by atoms with Crippen LogP contribution in [0.4, 0.5) is 17.1 Å². The Balaban J connectivity index is 1.14. The lowest BCUT2D eigenvalue weighted by Crippen LogP contribution is -2.10. The number of benzene rings is 8. The zero-order valence-corrected chi connectivity index (χ0v) is 31.6. The van der Waals surface area contributed by atoms with Gasteiger partial charge in [0, 0.05) is 47.0 Å². The van der Waals surface area contributed by atoms with Crippen LogP contribution in [-0.4, -0.2) is 0 Å². The molecule has 0 radical (unpaired) electrons. The third-order valence-corrected chi connectivity index (χ3v) is 13.1. The van der Waals surface area contributed by atoms with Crippen LogP contribution < -0.4 is 4.90 Å². The summed E-state index contributed by atoms with van der Waals surface area (Å²) < 4.78 is 5.35. The zero-order valence-electron chi connectivity index (χ0n) is 29.9. The molecule has 0 N–H and O–H groups in total. The molecule has 2 heterocycles. The lowest BCUT2D eigenvalue weighted by molar-refractivity contribution is 0.597. The summed E-state index contributed by atoms with van der Waals surface area (Å²) in [5.41, 5.74) is 9.88. The number of thiophene rings is 2. The number of rotatable bonds is 5. The Morgan fingerprint density at radius 2 is 0.925 bits per heavy atom. The lowest BCUT2D eigenvalue weighted by atomic mass is 9.86. The predicted octanol–water partition coefficient (Wildman–Crippen LogP) is 15.7. The molecule has 10 rings (SSSR count). The summed E-state index contributed by atoms with van der Waals surface area (Å²) in [6.45, 7) is 6.95. The van der Waals surface area contributed by atoms with E-state index in [2.05, 4.69) is 196 Å². The van der Waals surface area contributed by atoms with E-state index in [9.17, 15) is 0 Å². The van der Waals surface area contributed by atoms with Gasteiger partial charge in [0.25, 0.3) is 0 Å². The highest BCUT2D eigenvalue weighted by Gasteiger charge is 2.23. The van der Waals surface area contributed by atoms with Gasteiger partial charge in [-0.3, -0.25) is 0 Å². The quantitative estimate of drug-likeness (QED) is 0.171. The van der Waals surface area contributed by atoms with Gasteiger partial charge in [-0.25, -0.2) is 0 Å². The number of anilines is 3. The number of fused-ring (bicyclic) bond motifs is 7. The molecule has 0 aliphatic rings. The average Bonchev–Trinajstić information content (AvgIpc) is 3.77. The Morgan fingerprint density at radius 3 is 1.66 bits per heavy atom.